The van der Waals surface area contributed by atoms with Crippen LogP contribution in [0, 0.1) is 5.82 Å². The molecule has 0 radical (unpaired) electrons. The van der Waals surface area contributed by atoms with Gasteiger partial charge in [-0.2, -0.15) is 0 Å². The number of halogens is 1. The second-order valence-electron chi connectivity index (χ2n) is 6.91. The van der Waals surface area contributed by atoms with E-state index in [0.717, 1.165) is 41.5 Å². The zero-order valence-corrected chi connectivity index (χ0v) is 17.3. The smallest absolute Gasteiger partial charge is 0.262 e. The first-order chi connectivity index (χ1) is 13.4. The number of nitrogens with one attached hydrogen (secondary N) is 1. The van der Waals surface area contributed by atoms with Gasteiger partial charge in [0.15, 0.2) is 5.16 Å². The van der Waals surface area contributed by atoms with Crippen molar-refractivity contribution in [2.75, 3.05) is 5.32 Å². The summed E-state index contributed by atoms with van der Waals surface area (Å²) < 4.78 is 14.5. The summed E-state index contributed by atoms with van der Waals surface area (Å²) in [5.74, 6) is -0.581. The van der Waals surface area contributed by atoms with Gasteiger partial charge in [0.05, 0.1) is 10.6 Å². The maximum Gasteiger partial charge on any atom is 0.262 e. The number of thioether (sulfide) groups is 1. The van der Waals surface area contributed by atoms with Gasteiger partial charge in [0.1, 0.15) is 10.6 Å². The zero-order chi connectivity index (χ0) is 19.8. The Morgan fingerprint density at radius 3 is 2.75 bits per heavy atom. The molecule has 1 aromatic carbocycles. The van der Waals surface area contributed by atoms with Crippen LogP contribution in [0.5, 0.6) is 0 Å². The lowest BCUT2D eigenvalue weighted by molar-refractivity contribution is -0.115. The molecule has 3 aromatic rings. The van der Waals surface area contributed by atoms with Gasteiger partial charge in [-0.3, -0.25) is 14.2 Å². The number of benzene rings is 1. The predicted octanol–water partition coefficient (Wildman–Crippen LogP) is 4.13. The van der Waals surface area contributed by atoms with Crippen molar-refractivity contribution >= 4 is 44.9 Å². The number of hydrogen-bond acceptors (Lipinski definition) is 5. The molecule has 146 valence electrons. The van der Waals surface area contributed by atoms with E-state index >= 15 is 0 Å². The summed E-state index contributed by atoms with van der Waals surface area (Å²) in [6, 6.07) is 5.62. The number of aromatic nitrogens is 2. The third kappa shape index (κ3) is 3.58. The van der Waals surface area contributed by atoms with Gasteiger partial charge in [-0.15, -0.1) is 11.3 Å². The minimum atomic E-state index is -0.463. The number of carbonyl (C=O) groups is 1. The van der Waals surface area contributed by atoms with E-state index in [1.54, 1.807) is 25.3 Å². The number of carbonyl (C=O) groups excluding carboxylic acids is 1. The van der Waals surface area contributed by atoms with Crippen LogP contribution in [0.4, 0.5) is 10.1 Å². The molecule has 5 nitrogen and oxygen atoms in total. The van der Waals surface area contributed by atoms with E-state index in [0.29, 0.717) is 10.8 Å². The van der Waals surface area contributed by atoms with Crippen LogP contribution in [-0.4, -0.2) is 20.7 Å². The average Bonchev–Trinajstić information content (AvgIpc) is 3.05. The van der Waals surface area contributed by atoms with Gasteiger partial charge >= 0.3 is 0 Å². The summed E-state index contributed by atoms with van der Waals surface area (Å²) in [5.41, 5.74) is 1.65. The highest BCUT2D eigenvalue weighted by Crippen LogP contribution is 2.35. The first kappa shape index (κ1) is 19.1. The molecular weight excluding hydrogens is 397 g/mol. The summed E-state index contributed by atoms with van der Waals surface area (Å²) in [6.45, 7) is 1.76. The highest BCUT2D eigenvalue weighted by Gasteiger charge is 2.23. The van der Waals surface area contributed by atoms with Gasteiger partial charge in [-0.1, -0.05) is 11.8 Å². The lowest BCUT2D eigenvalue weighted by atomic mass is 9.97. The predicted molar refractivity (Wildman–Crippen MR) is 112 cm³/mol. The van der Waals surface area contributed by atoms with E-state index in [2.05, 4.69) is 5.32 Å². The summed E-state index contributed by atoms with van der Waals surface area (Å²) in [5, 5.41) is 3.57. The van der Waals surface area contributed by atoms with Crippen molar-refractivity contribution in [3.63, 3.8) is 0 Å². The monoisotopic (exact) mass is 417 g/mol. The van der Waals surface area contributed by atoms with Crippen molar-refractivity contribution < 1.29 is 9.18 Å². The van der Waals surface area contributed by atoms with E-state index in [1.165, 1.54) is 45.5 Å². The maximum absolute atomic E-state index is 13.0. The molecule has 0 aliphatic heterocycles. The van der Waals surface area contributed by atoms with Crippen molar-refractivity contribution in [1.82, 2.24) is 9.55 Å². The molecule has 0 saturated heterocycles. The Labute approximate surface area is 170 Å². The molecule has 1 atom stereocenters. The molecule has 0 saturated carbocycles. The van der Waals surface area contributed by atoms with E-state index in [9.17, 15) is 14.0 Å². The number of hydrogen-bond donors (Lipinski definition) is 1. The Morgan fingerprint density at radius 1 is 1.29 bits per heavy atom. The molecule has 1 aliphatic carbocycles. The molecule has 0 spiro atoms. The minimum absolute atomic E-state index is 0.0435. The number of fused-ring (bicyclic) bond motifs is 3. The fourth-order valence-electron chi connectivity index (χ4n) is 3.36. The van der Waals surface area contributed by atoms with Crippen molar-refractivity contribution in [3.8, 4) is 0 Å². The van der Waals surface area contributed by atoms with E-state index in [4.69, 9.17) is 4.98 Å². The Kier molecular flexibility index (Phi) is 5.25. The molecule has 0 bridgehead atoms. The SMILES string of the molecule is CC(Sc1nc2sc3c(c2c(=O)n1C)CCCC3)C(=O)Nc1ccc(F)cc1. The highest BCUT2D eigenvalue weighted by atomic mass is 32.2. The molecule has 2 aromatic heterocycles. The van der Waals surface area contributed by atoms with E-state index < -0.39 is 5.25 Å². The Bertz CT molecular complexity index is 1110. The van der Waals surface area contributed by atoms with Crippen molar-refractivity contribution in [2.45, 2.75) is 43.0 Å². The van der Waals surface area contributed by atoms with Crippen LogP contribution in [0.25, 0.3) is 10.2 Å². The molecule has 1 amide bonds. The Balaban J connectivity index is 1.58. The third-order valence-corrected chi connectivity index (χ3v) is 7.25. The van der Waals surface area contributed by atoms with Gasteiger partial charge < -0.3 is 5.32 Å². The molecular formula is C20H20FN3O2S2. The largest absolute Gasteiger partial charge is 0.325 e. The summed E-state index contributed by atoms with van der Waals surface area (Å²) in [4.78, 5) is 32.2. The van der Waals surface area contributed by atoms with Crippen LogP contribution in [0.2, 0.25) is 0 Å². The lowest BCUT2D eigenvalue weighted by Gasteiger charge is -2.14. The molecule has 1 N–H and O–H groups in total. The second-order valence-corrected chi connectivity index (χ2v) is 9.30. The number of thiophene rings is 1. The highest BCUT2D eigenvalue weighted by molar-refractivity contribution is 8.00. The van der Waals surface area contributed by atoms with Crippen LogP contribution in [0.15, 0.2) is 34.2 Å². The van der Waals surface area contributed by atoms with Crippen LogP contribution < -0.4 is 10.9 Å². The van der Waals surface area contributed by atoms with Crippen molar-refractivity contribution in [3.05, 3.63) is 50.9 Å². The molecule has 4 rings (SSSR count). The number of anilines is 1. The number of aryl methyl sites for hydroxylation is 2. The average molecular weight is 418 g/mol. The quantitative estimate of drug-likeness (QED) is 0.512. The topological polar surface area (TPSA) is 64.0 Å². The zero-order valence-electron chi connectivity index (χ0n) is 15.6. The van der Waals surface area contributed by atoms with Crippen molar-refractivity contribution in [2.24, 2.45) is 7.05 Å². The summed E-state index contributed by atoms with van der Waals surface area (Å²) >= 11 is 2.85. The minimum Gasteiger partial charge on any atom is -0.325 e. The molecule has 28 heavy (non-hydrogen) atoms. The standard InChI is InChI=1S/C20H20FN3O2S2/c1-11(17(25)22-13-9-7-12(21)8-10-13)27-20-23-18-16(19(26)24(20)2)14-5-3-4-6-15(14)28-18/h7-11H,3-6H2,1-2H3,(H,22,25). The van der Waals surface area contributed by atoms with E-state index in [1.807, 2.05) is 0 Å². The van der Waals surface area contributed by atoms with Crippen LogP contribution in [0.1, 0.15) is 30.2 Å². The number of amides is 1. The first-order valence-corrected chi connectivity index (χ1v) is 10.9. The third-order valence-electron chi connectivity index (χ3n) is 4.92. The van der Waals surface area contributed by atoms with Crippen LogP contribution in [0.3, 0.4) is 0 Å². The molecule has 2 heterocycles. The Hall–Kier alpha value is -2.19. The maximum atomic E-state index is 13.0. The number of rotatable bonds is 4. The molecule has 0 fully saturated rings. The molecule has 8 heteroatoms. The number of nitrogens with zero attached hydrogens (tertiary/aromatic N) is 2. The van der Waals surface area contributed by atoms with Gasteiger partial charge in [-0.25, -0.2) is 9.37 Å². The van der Waals surface area contributed by atoms with Gasteiger partial charge in [0.2, 0.25) is 5.91 Å². The normalized spacial score (nSPS) is 14.7. The van der Waals surface area contributed by atoms with Gasteiger partial charge in [0, 0.05) is 17.6 Å². The van der Waals surface area contributed by atoms with Crippen LogP contribution >= 0.6 is 23.1 Å². The van der Waals surface area contributed by atoms with Crippen LogP contribution in [-0.2, 0) is 24.7 Å². The molecule has 1 unspecified atom stereocenters. The lowest BCUT2D eigenvalue weighted by Crippen LogP contribution is -2.25. The van der Waals surface area contributed by atoms with E-state index in [-0.39, 0.29) is 17.3 Å². The Morgan fingerprint density at radius 2 is 2.00 bits per heavy atom. The summed E-state index contributed by atoms with van der Waals surface area (Å²) in [6.07, 6.45) is 4.22. The fourth-order valence-corrected chi connectivity index (χ4v) is 5.54. The first-order valence-electron chi connectivity index (χ1n) is 9.18. The van der Waals surface area contributed by atoms with Crippen molar-refractivity contribution in [1.29, 1.82) is 0 Å². The van der Waals surface area contributed by atoms with Gasteiger partial charge in [-0.05, 0) is 62.4 Å². The van der Waals surface area contributed by atoms with Gasteiger partial charge in [0.25, 0.3) is 5.56 Å². The molecule has 1 aliphatic rings. The summed E-state index contributed by atoms with van der Waals surface area (Å²) in [7, 11) is 1.70. The fraction of sp³-hybridized carbons (Fsp3) is 0.350. The second kappa shape index (κ2) is 7.67.